The molecule has 1 saturated carbocycles. The Morgan fingerprint density at radius 2 is 1.73 bits per heavy atom. The first kappa shape index (κ1) is 13.0. The molecular formula is C14H29N. The third-order valence-corrected chi connectivity index (χ3v) is 4.03. The monoisotopic (exact) mass is 211 g/mol. The van der Waals surface area contributed by atoms with Crippen molar-refractivity contribution in [3.8, 4) is 0 Å². The SMILES string of the molecule is CCCNC(C(C)C)C1(C)CCCCC1. The van der Waals surface area contributed by atoms with Crippen LogP contribution < -0.4 is 5.32 Å². The van der Waals surface area contributed by atoms with Gasteiger partial charge in [0.25, 0.3) is 0 Å². The fourth-order valence-corrected chi connectivity index (χ4v) is 3.26. The Morgan fingerprint density at radius 1 is 1.13 bits per heavy atom. The van der Waals surface area contributed by atoms with E-state index in [2.05, 4.69) is 33.0 Å². The van der Waals surface area contributed by atoms with Crippen LogP contribution in [-0.4, -0.2) is 12.6 Å². The molecule has 0 spiro atoms. The van der Waals surface area contributed by atoms with E-state index in [9.17, 15) is 0 Å². The summed E-state index contributed by atoms with van der Waals surface area (Å²) in [5, 5.41) is 3.78. The van der Waals surface area contributed by atoms with Gasteiger partial charge in [0.1, 0.15) is 0 Å². The smallest absolute Gasteiger partial charge is 0.0144 e. The van der Waals surface area contributed by atoms with Gasteiger partial charge in [-0.1, -0.05) is 47.0 Å². The van der Waals surface area contributed by atoms with Crippen molar-refractivity contribution >= 4 is 0 Å². The van der Waals surface area contributed by atoms with E-state index >= 15 is 0 Å². The molecule has 0 aromatic heterocycles. The topological polar surface area (TPSA) is 12.0 Å². The van der Waals surface area contributed by atoms with Crippen LogP contribution >= 0.6 is 0 Å². The van der Waals surface area contributed by atoms with Crippen molar-refractivity contribution in [1.29, 1.82) is 0 Å². The third-order valence-electron chi connectivity index (χ3n) is 4.03. The molecule has 0 heterocycles. The zero-order chi connectivity index (χ0) is 11.3. The van der Waals surface area contributed by atoms with E-state index in [0.717, 1.165) is 12.0 Å². The molecule has 0 aromatic carbocycles. The van der Waals surface area contributed by atoms with Crippen LogP contribution in [0.1, 0.15) is 66.2 Å². The molecule has 1 heteroatoms. The molecule has 1 aliphatic rings. The summed E-state index contributed by atoms with van der Waals surface area (Å²) in [6.45, 7) is 10.7. The van der Waals surface area contributed by atoms with Gasteiger partial charge in [-0.25, -0.2) is 0 Å². The summed E-state index contributed by atoms with van der Waals surface area (Å²) in [5.41, 5.74) is 0.557. The van der Waals surface area contributed by atoms with Crippen molar-refractivity contribution in [3.63, 3.8) is 0 Å². The molecule has 1 nitrogen and oxygen atoms in total. The molecule has 0 amide bonds. The summed E-state index contributed by atoms with van der Waals surface area (Å²) in [6.07, 6.45) is 8.42. The quantitative estimate of drug-likeness (QED) is 0.725. The Kier molecular flexibility index (Phi) is 5.11. The predicted octanol–water partition coefficient (Wildman–Crippen LogP) is 3.98. The Bertz CT molecular complexity index is 168. The molecule has 1 N–H and O–H groups in total. The van der Waals surface area contributed by atoms with Gasteiger partial charge >= 0.3 is 0 Å². The molecule has 0 aliphatic heterocycles. The fourth-order valence-electron chi connectivity index (χ4n) is 3.26. The lowest BCUT2D eigenvalue weighted by Crippen LogP contribution is -2.48. The molecule has 0 bridgehead atoms. The largest absolute Gasteiger partial charge is 0.313 e. The van der Waals surface area contributed by atoms with Crippen molar-refractivity contribution < 1.29 is 0 Å². The lowest BCUT2D eigenvalue weighted by molar-refractivity contribution is 0.113. The molecule has 1 rings (SSSR count). The highest BCUT2D eigenvalue weighted by molar-refractivity contribution is 4.91. The van der Waals surface area contributed by atoms with E-state index < -0.39 is 0 Å². The van der Waals surface area contributed by atoms with Gasteiger partial charge in [0.05, 0.1) is 0 Å². The fraction of sp³-hybridized carbons (Fsp3) is 1.00. The van der Waals surface area contributed by atoms with Gasteiger partial charge in [-0.3, -0.25) is 0 Å². The molecule has 0 radical (unpaired) electrons. The lowest BCUT2D eigenvalue weighted by Gasteiger charge is -2.43. The van der Waals surface area contributed by atoms with Crippen molar-refractivity contribution in [3.05, 3.63) is 0 Å². The van der Waals surface area contributed by atoms with E-state index in [1.165, 1.54) is 45.1 Å². The van der Waals surface area contributed by atoms with E-state index in [4.69, 9.17) is 0 Å². The minimum atomic E-state index is 0.557. The summed E-state index contributed by atoms with van der Waals surface area (Å²) < 4.78 is 0. The van der Waals surface area contributed by atoms with Crippen LogP contribution in [0.2, 0.25) is 0 Å². The normalized spacial score (nSPS) is 23.0. The van der Waals surface area contributed by atoms with E-state index in [1.54, 1.807) is 0 Å². The Hall–Kier alpha value is -0.0400. The molecule has 90 valence electrons. The average Bonchev–Trinajstić information content (AvgIpc) is 2.18. The van der Waals surface area contributed by atoms with Crippen LogP contribution in [0.5, 0.6) is 0 Å². The van der Waals surface area contributed by atoms with Gasteiger partial charge in [0.15, 0.2) is 0 Å². The standard InChI is InChI=1S/C14H29N/c1-5-11-15-13(12(2)3)14(4)9-7-6-8-10-14/h12-13,15H,5-11H2,1-4H3. The minimum Gasteiger partial charge on any atom is -0.313 e. The Balaban J connectivity index is 2.59. The van der Waals surface area contributed by atoms with Gasteiger partial charge in [-0.05, 0) is 37.1 Å². The minimum absolute atomic E-state index is 0.557. The van der Waals surface area contributed by atoms with Crippen LogP contribution in [0.15, 0.2) is 0 Å². The molecule has 15 heavy (non-hydrogen) atoms. The molecule has 1 atom stereocenters. The maximum atomic E-state index is 3.78. The zero-order valence-corrected chi connectivity index (χ0v) is 11.1. The maximum Gasteiger partial charge on any atom is 0.0144 e. The maximum absolute atomic E-state index is 3.78. The third kappa shape index (κ3) is 3.48. The van der Waals surface area contributed by atoms with Crippen LogP contribution in [-0.2, 0) is 0 Å². The first-order chi connectivity index (χ1) is 7.10. The zero-order valence-electron chi connectivity index (χ0n) is 11.1. The van der Waals surface area contributed by atoms with E-state index in [-0.39, 0.29) is 0 Å². The summed E-state index contributed by atoms with van der Waals surface area (Å²) in [7, 11) is 0. The van der Waals surface area contributed by atoms with E-state index in [1.807, 2.05) is 0 Å². The van der Waals surface area contributed by atoms with Crippen molar-refractivity contribution in [2.75, 3.05) is 6.54 Å². The highest BCUT2D eigenvalue weighted by Crippen LogP contribution is 2.41. The van der Waals surface area contributed by atoms with Crippen LogP contribution in [0.3, 0.4) is 0 Å². The van der Waals surface area contributed by atoms with Crippen LogP contribution in [0.25, 0.3) is 0 Å². The van der Waals surface area contributed by atoms with Gasteiger partial charge in [0.2, 0.25) is 0 Å². The first-order valence-corrected chi connectivity index (χ1v) is 6.83. The number of hydrogen-bond donors (Lipinski definition) is 1. The second-order valence-electron chi connectivity index (χ2n) is 5.89. The molecule has 1 unspecified atom stereocenters. The molecule has 0 aromatic rings. The average molecular weight is 211 g/mol. The van der Waals surface area contributed by atoms with E-state index in [0.29, 0.717) is 5.41 Å². The molecular weight excluding hydrogens is 182 g/mol. The summed E-state index contributed by atoms with van der Waals surface area (Å²) in [4.78, 5) is 0. The summed E-state index contributed by atoms with van der Waals surface area (Å²) >= 11 is 0. The van der Waals surface area contributed by atoms with Crippen molar-refractivity contribution in [2.24, 2.45) is 11.3 Å². The highest BCUT2D eigenvalue weighted by Gasteiger charge is 2.36. The molecule has 0 saturated heterocycles. The Morgan fingerprint density at radius 3 is 2.20 bits per heavy atom. The second-order valence-corrected chi connectivity index (χ2v) is 5.89. The number of hydrogen-bond acceptors (Lipinski definition) is 1. The van der Waals surface area contributed by atoms with Gasteiger partial charge in [0, 0.05) is 6.04 Å². The Labute approximate surface area is 96.0 Å². The van der Waals surface area contributed by atoms with Crippen molar-refractivity contribution in [2.45, 2.75) is 72.3 Å². The number of rotatable bonds is 5. The predicted molar refractivity (Wildman–Crippen MR) is 68.1 cm³/mol. The van der Waals surface area contributed by atoms with Crippen LogP contribution in [0.4, 0.5) is 0 Å². The second kappa shape index (κ2) is 5.89. The molecule has 1 fully saturated rings. The highest BCUT2D eigenvalue weighted by atomic mass is 14.9. The van der Waals surface area contributed by atoms with Crippen LogP contribution in [0, 0.1) is 11.3 Å². The molecule has 1 aliphatic carbocycles. The summed E-state index contributed by atoms with van der Waals surface area (Å²) in [5.74, 6) is 0.764. The van der Waals surface area contributed by atoms with Gasteiger partial charge in [-0.2, -0.15) is 0 Å². The van der Waals surface area contributed by atoms with Crippen molar-refractivity contribution in [1.82, 2.24) is 5.32 Å². The first-order valence-electron chi connectivity index (χ1n) is 6.83. The van der Waals surface area contributed by atoms with Gasteiger partial charge < -0.3 is 5.32 Å². The number of nitrogens with one attached hydrogen (secondary N) is 1. The van der Waals surface area contributed by atoms with Gasteiger partial charge in [-0.15, -0.1) is 0 Å². The lowest BCUT2D eigenvalue weighted by atomic mass is 9.67. The summed E-state index contributed by atoms with van der Waals surface area (Å²) in [6, 6.07) is 0.720.